The maximum Gasteiger partial charge on any atom is 0.203 e. The first-order valence-corrected chi connectivity index (χ1v) is 9.52. The number of aliphatic hydroxyl groups excluding tert-OH is 1. The molecule has 0 saturated carbocycles. The average molecular weight is 359 g/mol. The van der Waals surface area contributed by atoms with E-state index in [4.69, 9.17) is 16.5 Å². The molecule has 0 unspecified atom stereocenters. The predicted octanol–water partition coefficient (Wildman–Crippen LogP) is 5.39. The van der Waals surface area contributed by atoms with Crippen LogP contribution in [0.3, 0.4) is 0 Å². The van der Waals surface area contributed by atoms with Gasteiger partial charge in [0.25, 0.3) is 0 Å². The van der Waals surface area contributed by atoms with Crippen molar-refractivity contribution in [2.45, 2.75) is 52.4 Å². The molecule has 1 aromatic heterocycles. The Hall–Kier alpha value is -2.67. The number of aromatic nitrogens is 2. The Morgan fingerprint density at radius 1 is 1.15 bits per heavy atom. The van der Waals surface area contributed by atoms with E-state index in [1.54, 1.807) is 0 Å². The van der Waals surface area contributed by atoms with Crippen molar-refractivity contribution in [2.75, 3.05) is 0 Å². The summed E-state index contributed by atoms with van der Waals surface area (Å²) in [5.74, 6) is 1.26. The number of rotatable bonds is 1. The molecular formula is C23H25N3O. The number of fused-ring (bicyclic) bond motifs is 3. The molecule has 138 valence electrons. The topological polar surface area (TPSA) is 50.4 Å². The maximum atomic E-state index is 10.7. The quantitative estimate of drug-likeness (QED) is 0.694. The Morgan fingerprint density at radius 2 is 1.85 bits per heavy atom. The number of benzene rings is 1. The van der Waals surface area contributed by atoms with Gasteiger partial charge in [-0.3, -0.25) is 0 Å². The van der Waals surface area contributed by atoms with Gasteiger partial charge >= 0.3 is 0 Å². The molecule has 0 radical (unpaired) electrons. The first-order chi connectivity index (χ1) is 12.8. The zero-order valence-corrected chi connectivity index (χ0v) is 16.4. The summed E-state index contributed by atoms with van der Waals surface area (Å²) < 4.78 is 0. The summed E-state index contributed by atoms with van der Waals surface area (Å²) in [5.41, 5.74) is 4.15. The van der Waals surface area contributed by atoms with Crippen molar-refractivity contribution < 1.29 is 5.11 Å². The van der Waals surface area contributed by atoms with E-state index in [0.29, 0.717) is 12.1 Å². The summed E-state index contributed by atoms with van der Waals surface area (Å²) in [5, 5.41) is 10.7. The molecule has 0 bridgehead atoms. The van der Waals surface area contributed by atoms with E-state index in [9.17, 15) is 5.11 Å². The van der Waals surface area contributed by atoms with E-state index in [-0.39, 0.29) is 17.1 Å². The fourth-order valence-corrected chi connectivity index (χ4v) is 5.34. The van der Waals surface area contributed by atoms with Gasteiger partial charge in [-0.15, -0.1) is 0 Å². The van der Waals surface area contributed by atoms with E-state index in [1.807, 2.05) is 25.1 Å². The molecule has 0 amide bonds. The van der Waals surface area contributed by atoms with Crippen molar-refractivity contribution in [1.29, 1.82) is 0 Å². The molecule has 4 nitrogen and oxygen atoms in total. The highest BCUT2D eigenvalue weighted by Gasteiger charge is 2.54. The smallest absolute Gasteiger partial charge is 0.203 e. The van der Waals surface area contributed by atoms with Crippen LogP contribution in [-0.2, 0) is 11.8 Å². The molecule has 1 aromatic carbocycles. The van der Waals surface area contributed by atoms with Crippen LogP contribution in [0.1, 0.15) is 50.7 Å². The third-order valence-electron chi connectivity index (χ3n) is 6.58. The summed E-state index contributed by atoms with van der Waals surface area (Å²) in [6, 6.07) is 10.3. The molecule has 2 aromatic rings. The second kappa shape index (κ2) is 5.92. The lowest BCUT2D eigenvalue weighted by Gasteiger charge is -2.52. The number of hydrogen-bond donors (Lipinski definition) is 1. The minimum Gasteiger partial charge on any atom is -0.523 e. The van der Waals surface area contributed by atoms with Gasteiger partial charge in [-0.05, 0) is 32.1 Å². The van der Waals surface area contributed by atoms with Crippen LogP contribution in [0, 0.1) is 24.8 Å². The Balaban J connectivity index is 1.96. The second-order valence-electron chi connectivity index (χ2n) is 8.63. The van der Waals surface area contributed by atoms with E-state index in [1.165, 1.54) is 5.56 Å². The minimum atomic E-state index is -0.434. The zero-order valence-electron chi connectivity index (χ0n) is 16.4. The van der Waals surface area contributed by atoms with Gasteiger partial charge in [0.1, 0.15) is 11.6 Å². The number of aliphatic hydroxyl groups is 1. The molecule has 0 spiro atoms. The first kappa shape index (κ1) is 17.7. The van der Waals surface area contributed by atoms with E-state index < -0.39 is 5.41 Å². The highest BCUT2D eigenvalue weighted by molar-refractivity contribution is 5.65. The van der Waals surface area contributed by atoms with Crippen LogP contribution in [0.4, 0.5) is 0 Å². The van der Waals surface area contributed by atoms with Gasteiger partial charge in [0.2, 0.25) is 5.70 Å². The standard InChI is InChI=1S/C23H25N3O/c1-14-25-19(15-9-7-6-8-10-15)16-11-12-18-22(2,3)21(27)17(24-5)13-23(18,4)20(16)26-14/h6-10,18,27H,11-13H2,1-4H3/t18-,23-/m0/s1. The number of nitrogens with zero attached hydrogens (tertiary/aromatic N) is 3. The average Bonchev–Trinajstić information content (AvgIpc) is 2.65. The monoisotopic (exact) mass is 359 g/mol. The molecule has 0 saturated heterocycles. The summed E-state index contributed by atoms with van der Waals surface area (Å²) >= 11 is 0. The van der Waals surface area contributed by atoms with Crippen molar-refractivity contribution in [3.8, 4) is 11.3 Å². The molecule has 0 fully saturated rings. The maximum absolute atomic E-state index is 10.7. The van der Waals surface area contributed by atoms with Crippen LogP contribution in [0.15, 0.2) is 41.8 Å². The molecule has 2 atom stereocenters. The van der Waals surface area contributed by atoms with Gasteiger partial charge in [-0.1, -0.05) is 51.1 Å². The Kier molecular flexibility index (Phi) is 3.89. The lowest BCUT2D eigenvalue weighted by atomic mass is 9.52. The van der Waals surface area contributed by atoms with Gasteiger partial charge in [0.05, 0.1) is 18.0 Å². The number of aryl methyl sites for hydroxylation is 1. The summed E-state index contributed by atoms with van der Waals surface area (Å²) in [4.78, 5) is 13.4. The van der Waals surface area contributed by atoms with Crippen molar-refractivity contribution >= 4 is 0 Å². The van der Waals surface area contributed by atoms with Crippen molar-refractivity contribution in [3.05, 3.63) is 70.3 Å². The zero-order chi connectivity index (χ0) is 19.4. The minimum absolute atomic E-state index is 0.237. The van der Waals surface area contributed by atoms with E-state index in [0.717, 1.165) is 35.6 Å². The highest BCUT2D eigenvalue weighted by atomic mass is 16.3. The molecule has 4 rings (SSSR count). The van der Waals surface area contributed by atoms with Gasteiger partial charge < -0.3 is 5.11 Å². The molecule has 1 heterocycles. The predicted molar refractivity (Wildman–Crippen MR) is 106 cm³/mol. The third-order valence-corrected chi connectivity index (χ3v) is 6.58. The van der Waals surface area contributed by atoms with Crippen LogP contribution in [0.5, 0.6) is 0 Å². The lowest BCUT2D eigenvalue weighted by molar-refractivity contribution is 0.0623. The Bertz CT molecular complexity index is 985. The molecule has 0 aliphatic heterocycles. The Morgan fingerprint density at radius 3 is 2.52 bits per heavy atom. The van der Waals surface area contributed by atoms with Crippen molar-refractivity contribution in [3.63, 3.8) is 0 Å². The summed E-state index contributed by atoms with van der Waals surface area (Å²) in [6.45, 7) is 15.9. The lowest BCUT2D eigenvalue weighted by Crippen LogP contribution is -2.49. The highest BCUT2D eigenvalue weighted by Crippen LogP contribution is 2.58. The van der Waals surface area contributed by atoms with Gasteiger partial charge in [0, 0.05) is 22.0 Å². The summed E-state index contributed by atoms with van der Waals surface area (Å²) in [6.07, 6.45) is 2.39. The second-order valence-corrected chi connectivity index (χ2v) is 8.63. The number of hydrogen-bond acceptors (Lipinski definition) is 3. The molecule has 4 heteroatoms. The normalized spacial score (nSPS) is 26.1. The fraction of sp³-hybridized carbons (Fsp3) is 0.435. The molecule has 27 heavy (non-hydrogen) atoms. The van der Waals surface area contributed by atoms with Crippen molar-refractivity contribution in [1.82, 2.24) is 9.97 Å². The Labute approximate surface area is 160 Å². The molecule has 2 aliphatic rings. The van der Waals surface area contributed by atoms with Crippen LogP contribution < -0.4 is 0 Å². The van der Waals surface area contributed by atoms with Crippen LogP contribution in [0.25, 0.3) is 16.1 Å². The van der Waals surface area contributed by atoms with Crippen LogP contribution >= 0.6 is 0 Å². The molecule has 2 aliphatic carbocycles. The largest absolute Gasteiger partial charge is 0.523 e. The fourth-order valence-electron chi connectivity index (χ4n) is 5.34. The van der Waals surface area contributed by atoms with Crippen LogP contribution in [0.2, 0.25) is 0 Å². The first-order valence-electron chi connectivity index (χ1n) is 9.52. The van der Waals surface area contributed by atoms with Gasteiger partial charge in [0.15, 0.2) is 0 Å². The molecular weight excluding hydrogens is 334 g/mol. The van der Waals surface area contributed by atoms with Gasteiger partial charge in [-0.25, -0.2) is 14.8 Å². The SMILES string of the molecule is [C-]#[N+]C1=C(O)C(C)(C)[C@@H]2CCc3c(-c4ccccc4)nc(C)nc3[C@@]2(C)C1. The van der Waals surface area contributed by atoms with E-state index >= 15 is 0 Å². The van der Waals surface area contributed by atoms with E-state index in [2.05, 4.69) is 37.7 Å². The molecule has 1 N–H and O–H groups in total. The van der Waals surface area contributed by atoms with Crippen LogP contribution in [-0.4, -0.2) is 15.1 Å². The van der Waals surface area contributed by atoms with Gasteiger partial charge in [-0.2, -0.15) is 0 Å². The summed E-state index contributed by atoms with van der Waals surface area (Å²) in [7, 11) is 0. The number of allylic oxidation sites excluding steroid dienone is 2. The van der Waals surface area contributed by atoms with Crippen molar-refractivity contribution in [2.24, 2.45) is 11.3 Å². The third kappa shape index (κ3) is 2.49.